The lowest BCUT2D eigenvalue weighted by Crippen LogP contribution is -2.39. The van der Waals surface area contributed by atoms with Crippen molar-refractivity contribution < 1.29 is 8.42 Å². The maximum Gasteiger partial charge on any atom is 0.243 e. The summed E-state index contributed by atoms with van der Waals surface area (Å²) in [4.78, 5) is 0.455. The normalized spacial score (nSPS) is 23.4. The second-order valence-corrected chi connectivity index (χ2v) is 7.71. The minimum absolute atomic E-state index is 0.455. The number of fused-ring (bicyclic) bond motifs is 1. The van der Waals surface area contributed by atoms with Crippen molar-refractivity contribution >= 4 is 15.7 Å². The lowest BCUT2D eigenvalue weighted by molar-refractivity contribution is 0.261. The van der Waals surface area contributed by atoms with Gasteiger partial charge >= 0.3 is 0 Å². The van der Waals surface area contributed by atoms with Crippen LogP contribution in [0.2, 0.25) is 0 Å². The Kier molecular flexibility index (Phi) is 3.73. The van der Waals surface area contributed by atoms with Crippen molar-refractivity contribution in [2.45, 2.75) is 37.5 Å². The molecule has 0 spiro atoms. The first-order valence-corrected chi connectivity index (χ1v) is 8.92. The Bertz CT molecular complexity index is 598. The molecule has 3 rings (SSSR count). The number of anilines is 1. The molecule has 1 saturated heterocycles. The Morgan fingerprint density at radius 1 is 1.40 bits per heavy atom. The van der Waals surface area contributed by atoms with Crippen LogP contribution in [0, 0.1) is 5.92 Å². The first kappa shape index (κ1) is 13.9. The molecule has 0 aromatic heterocycles. The maximum absolute atomic E-state index is 12.8. The average Bonchev–Trinajstić information content (AvgIpc) is 2.94. The summed E-state index contributed by atoms with van der Waals surface area (Å²) in [6.07, 6.45) is 4.09. The molecule has 0 aliphatic carbocycles. The monoisotopic (exact) mass is 294 g/mol. The molecule has 1 aromatic rings. The highest BCUT2D eigenvalue weighted by Gasteiger charge is 2.30. The molecule has 1 atom stereocenters. The van der Waals surface area contributed by atoms with E-state index in [0.29, 0.717) is 23.9 Å². The number of rotatable bonds is 3. The van der Waals surface area contributed by atoms with Crippen LogP contribution in [-0.4, -0.2) is 32.4 Å². The predicted octanol–water partition coefficient (Wildman–Crippen LogP) is 2.47. The maximum atomic E-state index is 12.8. The van der Waals surface area contributed by atoms with E-state index in [0.717, 1.165) is 43.5 Å². The predicted molar refractivity (Wildman–Crippen MR) is 80.4 cm³/mol. The fourth-order valence-corrected chi connectivity index (χ4v) is 4.78. The fourth-order valence-electron chi connectivity index (χ4n) is 3.17. The van der Waals surface area contributed by atoms with Crippen molar-refractivity contribution in [1.29, 1.82) is 0 Å². The summed E-state index contributed by atoms with van der Waals surface area (Å²) in [6, 6.07) is 5.48. The van der Waals surface area contributed by atoms with Crippen molar-refractivity contribution in [3.05, 3.63) is 23.8 Å². The van der Waals surface area contributed by atoms with Crippen LogP contribution in [0.1, 0.15) is 31.7 Å². The molecule has 5 heteroatoms. The van der Waals surface area contributed by atoms with Crippen LogP contribution in [0.25, 0.3) is 0 Å². The molecule has 4 nitrogen and oxygen atoms in total. The van der Waals surface area contributed by atoms with E-state index in [9.17, 15) is 8.42 Å². The van der Waals surface area contributed by atoms with Gasteiger partial charge in [0.25, 0.3) is 0 Å². The number of nitrogens with one attached hydrogen (secondary N) is 1. The van der Waals surface area contributed by atoms with E-state index < -0.39 is 10.0 Å². The van der Waals surface area contributed by atoms with E-state index in [4.69, 9.17) is 0 Å². The molecule has 2 aliphatic rings. The van der Waals surface area contributed by atoms with E-state index in [-0.39, 0.29) is 0 Å². The van der Waals surface area contributed by atoms with E-state index in [1.165, 1.54) is 0 Å². The number of piperidine rings is 1. The third-order valence-electron chi connectivity index (χ3n) is 4.48. The summed E-state index contributed by atoms with van der Waals surface area (Å²) in [5.41, 5.74) is 2.20. The lowest BCUT2D eigenvalue weighted by Gasteiger charge is -2.31. The molecule has 0 radical (unpaired) electrons. The Balaban J connectivity index is 1.87. The van der Waals surface area contributed by atoms with Crippen LogP contribution >= 0.6 is 0 Å². The minimum Gasteiger partial charge on any atom is -0.384 e. The molecular weight excluding hydrogens is 272 g/mol. The number of benzene rings is 1. The third-order valence-corrected chi connectivity index (χ3v) is 6.34. The van der Waals surface area contributed by atoms with Crippen molar-refractivity contribution in [3.8, 4) is 0 Å². The van der Waals surface area contributed by atoms with Gasteiger partial charge in [0, 0.05) is 25.3 Å². The van der Waals surface area contributed by atoms with Crippen molar-refractivity contribution in [3.63, 3.8) is 0 Å². The van der Waals surface area contributed by atoms with Crippen molar-refractivity contribution in [1.82, 2.24) is 4.31 Å². The molecule has 0 amide bonds. The van der Waals surface area contributed by atoms with Crippen molar-refractivity contribution in [2.24, 2.45) is 5.92 Å². The van der Waals surface area contributed by atoms with Crippen LogP contribution in [0.5, 0.6) is 0 Å². The van der Waals surface area contributed by atoms with Gasteiger partial charge in [0.1, 0.15) is 0 Å². The summed E-state index contributed by atoms with van der Waals surface area (Å²) in [7, 11) is -3.32. The van der Waals surface area contributed by atoms with Gasteiger partial charge in [-0.2, -0.15) is 4.31 Å². The Morgan fingerprint density at radius 3 is 3.05 bits per heavy atom. The molecule has 1 aromatic carbocycles. The highest BCUT2D eigenvalue weighted by atomic mass is 32.2. The SMILES string of the molecule is CCC1CCCN(S(=O)(=O)c2ccc3c(c2)CCN3)C1. The van der Waals surface area contributed by atoms with Gasteiger partial charge in [0.15, 0.2) is 0 Å². The Hall–Kier alpha value is -1.07. The smallest absolute Gasteiger partial charge is 0.243 e. The summed E-state index contributed by atoms with van der Waals surface area (Å²) < 4.78 is 27.2. The van der Waals surface area contributed by atoms with Crippen LogP contribution in [0.15, 0.2) is 23.1 Å². The van der Waals surface area contributed by atoms with E-state index in [2.05, 4.69) is 12.2 Å². The van der Waals surface area contributed by atoms with Gasteiger partial charge in [-0.05, 0) is 48.9 Å². The number of nitrogens with zero attached hydrogens (tertiary/aromatic N) is 1. The van der Waals surface area contributed by atoms with E-state index in [1.807, 2.05) is 12.1 Å². The minimum atomic E-state index is -3.32. The Labute approximate surface area is 121 Å². The molecular formula is C15H22N2O2S. The van der Waals surface area contributed by atoms with E-state index >= 15 is 0 Å². The zero-order valence-corrected chi connectivity index (χ0v) is 12.7. The molecule has 2 aliphatic heterocycles. The molecule has 1 N–H and O–H groups in total. The fraction of sp³-hybridized carbons (Fsp3) is 0.600. The topological polar surface area (TPSA) is 49.4 Å². The van der Waals surface area contributed by atoms with Crippen LogP contribution in [0.3, 0.4) is 0 Å². The molecule has 1 unspecified atom stereocenters. The van der Waals surface area contributed by atoms with Crippen LogP contribution in [0.4, 0.5) is 5.69 Å². The molecule has 1 fully saturated rings. The first-order chi connectivity index (χ1) is 9.61. The average molecular weight is 294 g/mol. The van der Waals surface area contributed by atoms with Gasteiger partial charge in [-0.1, -0.05) is 13.3 Å². The zero-order valence-electron chi connectivity index (χ0n) is 11.9. The second-order valence-electron chi connectivity index (χ2n) is 5.78. The van der Waals surface area contributed by atoms with Gasteiger partial charge in [-0.15, -0.1) is 0 Å². The van der Waals surface area contributed by atoms with Gasteiger partial charge < -0.3 is 5.32 Å². The van der Waals surface area contributed by atoms with Crippen LogP contribution < -0.4 is 5.32 Å². The molecule has 0 saturated carbocycles. The number of hydrogen-bond donors (Lipinski definition) is 1. The molecule has 20 heavy (non-hydrogen) atoms. The molecule has 2 heterocycles. The third kappa shape index (κ3) is 2.44. The van der Waals surface area contributed by atoms with Gasteiger partial charge in [0.2, 0.25) is 10.0 Å². The molecule has 0 bridgehead atoms. The summed E-state index contributed by atoms with van der Waals surface area (Å²) in [5.74, 6) is 0.509. The molecule has 110 valence electrons. The quantitative estimate of drug-likeness (QED) is 0.931. The van der Waals surface area contributed by atoms with Gasteiger partial charge in [-0.25, -0.2) is 8.42 Å². The number of hydrogen-bond acceptors (Lipinski definition) is 3. The van der Waals surface area contributed by atoms with Gasteiger partial charge in [-0.3, -0.25) is 0 Å². The first-order valence-electron chi connectivity index (χ1n) is 7.48. The van der Waals surface area contributed by atoms with Crippen LogP contribution in [-0.2, 0) is 16.4 Å². The van der Waals surface area contributed by atoms with Gasteiger partial charge in [0.05, 0.1) is 4.90 Å². The number of sulfonamides is 1. The highest BCUT2D eigenvalue weighted by Crippen LogP contribution is 2.29. The largest absolute Gasteiger partial charge is 0.384 e. The summed E-state index contributed by atoms with van der Waals surface area (Å²) in [6.45, 7) is 4.38. The van der Waals surface area contributed by atoms with E-state index in [1.54, 1.807) is 10.4 Å². The van der Waals surface area contributed by atoms with Crippen molar-refractivity contribution in [2.75, 3.05) is 25.0 Å². The highest BCUT2D eigenvalue weighted by molar-refractivity contribution is 7.89. The second kappa shape index (κ2) is 5.37. The Morgan fingerprint density at radius 2 is 2.25 bits per heavy atom. The summed E-state index contributed by atoms with van der Waals surface area (Å²) in [5, 5.41) is 3.27. The zero-order chi connectivity index (χ0) is 14.2. The standard InChI is InChI=1S/C15H22N2O2S/c1-2-12-4-3-9-17(11-12)20(18,19)14-5-6-15-13(10-14)7-8-16-15/h5-6,10,12,16H,2-4,7-9,11H2,1H3. The summed E-state index contributed by atoms with van der Waals surface area (Å²) >= 11 is 0. The lowest BCUT2D eigenvalue weighted by atomic mass is 9.97.